The van der Waals surface area contributed by atoms with E-state index in [1.807, 2.05) is 49.1 Å². The van der Waals surface area contributed by atoms with Crippen LogP contribution in [0.5, 0.6) is 0 Å². The van der Waals surface area contributed by atoms with Gasteiger partial charge in [-0.15, -0.1) is 10.2 Å². The third kappa shape index (κ3) is 3.26. The van der Waals surface area contributed by atoms with E-state index in [-0.39, 0.29) is 11.8 Å². The van der Waals surface area contributed by atoms with E-state index in [4.69, 9.17) is 4.42 Å². The van der Waals surface area contributed by atoms with Gasteiger partial charge in [-0.1, -0.05) is 0 Å². The van der Waals surface area contributed by atoms with Crippen LogP contribution in [0, 0.1) is 13.8 Å². The number of carbonyl (C=O) groups excluding carboxylic acids is 1. The molecule has 1 amide bonds. The van der Waals surface area contributed by atoms with Crippen LogP contribution in [0.3, 0.4) is 0 Å². The van der Waals surface area contributed by atoms with Crippen LogP contribution >= 0.6 is 0 Å². The van der Waals surface area contributed by atoms with Crippen LogP contribution in [0.15, 0.2) is 40.9 Å². The first-order valence-corrected chi connectivity index (χ1v) is 9.59. The van der Waals surface area contributed by atoms with Gasteiger partial charge in [-0.2, -0.15) is 0 Å². The third-order valence-electron chi connectivity index (χ3n) is 5.27. The number of pyridine rings is 1. The zero-order valence-electron chi connectivity index (χ0n) is 16.2. The van der Waals surface area contributed by atoms with Gasteiger partial charge < -0.3 is 14.3 Å². The Morgan fingerprint density at radius 1 is 1.21 bits per heavy atom. The van der Waals surface area contributed by atoms with E-state index in [0.717, 1.165) is 34.5 Å². The van der Waals surface area contributed by atoms with Crippen LogP contribution in [0.2, 0.25) is 0 Å². The molecule has 8 heteroatoms. The smallest absolute Gasteiger partial charge is 0.253 e. The lowest BCUT2D eigenvalue weighted by Gasteiger charge is -2.15. The van der Waals surface area contributed by atoms with Gasteiger partial charge in [0.2, 0.25) is 11.8 Å². The van der Waals surface area contributed by atoms with Gasteiger partial charge in [-0.25, -0.2) is 4.98 Å². The van der Waals surface area contributed by atoms with Crippen molar-refractivity contribution in [3.8, 4) is 11.5 Å². The summed E-state index contributed by atoms with van der Waals surface area (Å²) in [6, 6.07) is 9.39. The molecule has 1 aliphatic rings. The zero-order valence-corrected chi connectivity index (χ0v) is 16.2. The quantitative estimate of drug-likeness (QED) is 0.578. The fraction of sp³-hybridized carbons (Fsp3) is 0.286. The summed E-state index contributed by atoms with van der Waals surface area (Å²) >= 11 is 0. The number of nitrogens with one attached hydrogen (secondary N) is 1. The number of nitrogens with zero attached hydrogens (tertiary/aromatic N) is 5. The Bertz CT molecular complexity index is 1190. The molecule has 0 saturated carbocycles. The maximum absolute atomic E-state index is 12.9. The first-order chi connectivity index (χ1) is 14.1. The third-order valence-corrected chi connectivity index (χ3v) is 5.27. The molecule has 0 unspecified atom stereocenters. The van der Waals surface area contributed by atoms with Crippen molar-refractivity contribution in [1.29, 1.82) is 0 Å². The van der Waals surface area contributed by atoms with E-state index in [1.165, 1.54) is 0 Å². The Balaban J connectivity index is 1.31. The van der Waals surface area contributed by atoms with Gasteiger partial charge in [0.1, 0.15) is 5.82 Å². The van der Waals surface area contributed by atoms with E-state index < -0.39 is 0 Å². The number of hydrogen-bond acceptors (Lipinski definition) is 6. The average molecular weight is 388 g/mol. The second kappa shape index (κ2) is 6.80. The minimum atomic E-state index is 0.00382. The molecular formula is C21H20N6O2. The Labute approximate surface area is 167 Å². The number of aryl methyl sites for hydroxylation is 2. The first kappa shape index (κ1) is 17.5. The molecule has 0 radical (unpaired) electrons. The Hall–Kier alpha value is -3.55. The van der Waals surface area contributed by atoms with Gasteiger partial charge in [-0.05, 0) is 50.6 Å². The summed E-state index contributed by atoms with van der Waals surface area (Å²) in [6.07, 6.45) is 2.52. The monoisotopic (exact) mass is 388 g/mol. The number of benzene rings is 1. The van der Waals surface area contributed by atoms with Crippen molar-refractivity contribution in [3.63, 3.8) is 0 Å². The van der Waals surface area contributed by atoms with Crippen LogP contribution in [0.25, 0.3) is 22.5 Å². The molecule has 0 aliphatic carbocycles. The number of H-pyrrole nitrogens is 1. The van der Waals surface area contributed by atoms with E-state index in [0.29, 0.717) is 30.4 Å². The fourth-order valence-corrected chi connectivity index (χ4v) is 3.71. The van der Waals surface area contributed by atoms with Crippen LogP contribution in [0.1, 0.15) is 40.1 Å². The Morgan fingerprint density at radius 2 is 2.10 bits per heavy atom. The largest absolute Gasteiger partial charge is 0.420 e. The maximum atomic E-state index is 12.9. The Morgan fingerprint density at radius 3 is 2.93 bits per heavy atom. The lowest BCUT2D eigenvalue weighted by Crippen LogP contribution is -2.28. The molecule has 1 fully saturated rings. The fourth-order valence-electron chi connectivity index (χ4n) is 3.71. The lowest BCUT2D eigenvalue weighted by atomic mass is 10.1. The molecule has 146 valence electrons. The molecule has 1 saturated heterocycles. The molecule has 5 rings (SSSR count). The predicted octanol–water partition coefficient (Wildman–Crippen LogP) is 3.25. The average Bonchev–Trinajstić information content (AvgIpc) is 3.45. The second-order valence-corrected chi connectivity index (χ2v) is 7.42. The molecule has 1 N–H and O–H groups in total. The molecule has 0 spiro atoms. The van der Waals surface area contributed by atoms with Gasteiger partial charge in [0.05, 0.1) is 22.5 Å². The van der Waals surface area contributed by atoms with E-state index in [9.17, 15) is 4.79 Å². The summed E-state index contributed by atoms with van der Waals surface area (Å²) in [6.45, 7) is 5.05. The minimum absolute atomic E-state index is 0.00382. The summed E-state index contributed by atoms with van der Waals surface area (Å²) in [5.41, 5.74) is 4.11. The SMILES string of the molecule is Cc1ccc(-c2nnc([C@H]3CCN(C(=O)c4ccc5nc(C)[nH]c5c4)C3)o2)cn1. The normalized spacial score (nSPS) is 16.6. The summed E-state index contributed by atoms with van der Waals surface area (Å²) in [5.74, 6) is 1.90. The number of imidazole rings is 1. The Kier molecular flexibility index (Phi) is 4.12. The summed E-state index contributed by atoms with van der Waals surface area (Å²) in [4.78, 5) is 26.6. The van der Waals surface area contributed by atoms with E-state index >= 15 is 0 Å². The first-order valence-electron chi connectivity index (χ1n) is 9.59. The highest BCUT2D eigenvalue weighted by atomic mass is 16.4. The second-order valence-electron chi connectivity index (χ2n) is 7.42. The van der Waals surface area contributed by atoms with Crippen molar-refractivity contribution >= 4 is 16.9 Å². The van der Waals surface area contributed by atoms with Crippen LogP contribution in [-0.4, -0.2) is 49.0 Å². The van der Waals surface area contributed by atoms with Crippen molar-refractivity contribution in [2.45, 2.75) is 26.2 Å². The predicted molar refractivity (Wildman–Crippen MR) is 106 cm³/mol. The van der Waals surface area contributed by atoms with E-state index in [2.05, 4.69) is 25.1 Å². The van der Waals surface area contributed by atoms with Crippen LogP contribution < -0.4 is 0 Å². The highest BCUT2D eigenvalue weighted by Gasteiger charge is 2.31. The molecule has 1 atom stereocenters. The summed E-state index contributed by atoms with van der Waals surface area (Å²) in [7, 11) is 0. The molecule has 1 aromatic carbocycles. The van der Waals surface area contributed by atoms with Crippen molar-refractivity contribution < 1.29 is 9.21 Å². The van der Waals surface area contributed by atoms with Gasteiger partial charge in [0.15, 0.2) is 0 Å². The number of likely N-dealkylation sites (tertiary alicyclic amines) is 1. The van der Waals surface area contributed by atoms with Gasteiger partial charge in [0.25, 0.3) is 5.91 Å². The molecule has 4 heterocycles. The number of rotatable bonds is 3. The topological polar surface area (TPSA) is 101 Å². The number of hydrogen-bond donors (Lipinski definition) is 1. The zero-order chi connectivity index (χ0) is 20.0. The van der Waals surface area contributed by atoms with Gasteiger partial charge in [-0.3, -0.25) is 9.78 Å². The molecule has 3 aromatic heterocycles. The minimum Gasteiger partial charge on any atom is -0.420 e. The molecule has 8 nitrogen and oxygen atoms in total. The van der Waals surface area contributed by atoms with Crippen LogP contribution in [0.4, 0.5) is 0 Å². The number of fused-ring (bicyclic) bond motifs is 1. The standard InChI is InChI=1S/C21H20N6O2/c1-12-3-4-15(10-22-12)19-25-26-20(29-19)16-7-8-27(11-16)21(28)14-5-6-17-18(9-14)24-13(2)23-17/h3-6,9-10,16H,7-8,11H2,1-2H3,(H,23,24)/t16-/m0/s1. The van der Waals surface area contributed by atoms with Crippen molar-refractivity contribution in [2.75, 3.05) is 13.1 Å². The van der Waals surface area contributed by atoms with Crippen molar-refractivity contribution in [2.24, 2.45) is 0 Å². The molecule has 4 aromatic rings. The van der Waals surface area contributed by atoms with Crippen molar-refractivity contribution in [3.05, 3.63) is 59.5 Å². The number of aromatic nitrogens is 5. The van der Waals surface area contributed by atoms with E-state index in [1.54, 1.807) is 6.20 Å². The lowest BCUT2D eigenvalue weighted by molar-refractivity contribution is 0.0790. The van der Waals surface area contributed by atoms with Gasteiger partial charge >= 0.3 is 0 Å². The molecule has 29 heavy (non-hydrogen) atoms. The highest BCUT2D eigenvalue weighted by Crippen LogP contribution is 2.29. The molecule has 0 bridgehead atoms. The molecule has 1 aliphatic heterocycles. The summed E-state index contributed by atoms with van der Waals surface area (Å²) in [5, 5.41) is 8.37. The van der Waals surface area contributed by atoms with Gasteiger partial charge in [0, 0.05) is 30.5 Å². The molecular weight excluding hydrogens is 368 g/mol. The number of amides is 1. The number of carbonyl (C=O) groups is 1. The number of aromatic amines is 1. The maximum Gasteiger partial charge on any atom is 0.253 e. The van der Waals surface area contributed by atoms with Crippen molar-refractivity contribution in [1.82, 2.24) is 30.0 Å². The van der Waals surface area contributed by atoms with Crippen LogP contribution in [-0.2, 0) is 0 Å². The highest BCUT2D eigenvalue weighted by molar-refractivity contribution is 5.97. The summed E-state index contributed by atoms with van der Waals surface area (Å²) < 4.78 is 5.87.